The molecule has 1 aromatic heterocycles. The quantitative estimate of drug-likeness (QED) is 0.700. The fourth-order valence-electron chi connectivity index (χ4n) is 1.40. The summed E-state index contributed by atoms with van der Waals surface area (Å²) < 4.78 is 0.960. The first-order valence-corrected chi connectivity index (χ1v) is 4.91. The Bertz CT molecular complexity index is 525. The number of hydrogen-bond donors (Lipinski definition) is 2. The van der Waals surface area contributed by atoms with Crippen molar-refractivity contribution in [1.29, 1.82) is 5.26 Å². The average molecular weight is 204 g/mol. The molecule has 0 unspecified atom stereocenters. The van der Waals surface area contributed by atoms with Crippen LogP contribution in [-0.2, 0) is 6.42 Å². The molecular weight excluding hydrogens is 196 g/mol. The van der Waals surface area contributed by atoms with Gasteiger partial charge in [0, 0.05) is 21.3 Å². The molecule has 0 aliphatic carbocycles. The summed E-state index contributed by atoms with van der Waals surface area (Å²) in [6.45, 7) is 0. The van der Waals surface area contributed by atoms with E-state index in [9.17, 15) is 5.11 Å². The Kier molecular flexibility index (Phi) is 2.02. The van der Waals surface area contributed by atoms with Crippen molar-refractivity contribution in [3.63, 3.8) is 0 Å². The van der Waals surface area contributed by atoms with Crippen molar-refractivity contribution in [2.24, 2.45) is 0 Å². The molecule has 3 N–H and O–H groups in total. The summed E-state index contributed by atoms with van der Waals surface area (Å²) in [6.07, 6.45) is 0.218. The Labute approximate surface area is 85.0 Å². The van der Waals surface area contributed by atoms with Gasteiger partial charge in [-0.25, -0.2) is 0 Å². The maximum absolute atomic E-state index is 9.58. The Hall–Kier alpha value is -1.73. The number of nitrogens with two attached hydrogens (primary N) is 1. The minimum atomic E-state index is 0.215. The molecule has 4 heteroatoms. The Balaban J connectivity index is 2.74. The van der Waals surface area contributed by atoms with E-state index in [1.165, 1.54) is 11.3 Å². The van der Waals surface area contributed by atoms with Crippen LogP contribution < -0.4 is 5.73 Å². The number of thiophene rings is 1. The monoisotopic (exact) mass is 204 g/mol. The van der Waals surface area contributed by atoms with Crippen LogP contribution in [0.2, 0.25) is 0 Å². The minimum Gasteiger partial charge on any atom is -0.499 e. The average Bonchev–Trinajstić information content (AvgIpc) is 2.45. The lowest BCUT2D eigenvalue weighted by Gasteiger charge is -1.95. The zero-order chi connectivity index (χ0) is 10.1. The van der Waals surface area contributed by atoms with Crippen molar-refractivity contribution in [1.82, 2.24) is 0 Å². The van der Waals surface area contributed by atoms with Crippen LogP contribution in [0.15, 0.2) is 18.2 Å². The van der Waals surface area contributed by atoms with Crippen LogP contribution in [0.1, 0.15) is 5.56 Å². The third kappa shape index (κ3) is 1.28. The molecule has 0 aliphatic rings. The Morgan fingerprint density at radius 2 is 2.29 bits per heavy atom. The molecule has 0 fully saturated rings. The topological polar surface area (TPSA) is 70.0 Å². The van der Waals surface area contributed by atoms with E-state index >= 15 is 0 Å². The van der Waals surface area contributed by atoms with Crippen molar-refractivity contribution in [3.8, 4) is 11.1 Å². The van der Waals surface area contributed by atoms with Crippen molar-refractivity contribution < 1.29 is 5.11 Å². The van der Waals surface area contributed by atoms with Gasteiger partial charge in [-0.3, -0.25) is 0 Å². The lowest BCUT2D eigenvalue weighted by Crippen LogP contribution is -1.84. The molecule has 0 bridgehead atoms. The lowest BCUT2D eigenvalue weighted by atomic mass is 10.1. The fourth-order valence-corrected chi connectivity index (χ4v) is 2.35. The summed E-state index contributed by atoms with van der Waals surface area (Å²) in [5, 5.41) is 19.3. The fraction of sp³-hybridized carbons (Fsp3) is 0.100. The number of hydrogen-bond acceptors (Lipinski definition) is 4. The number of nitriles is 1. The van der Waals surface area contributed by atoms with Crippen LogP contribution >= 0.6 is 11.3 Å². The van der Waals surface area contributed by atoms with Crippen molar-refractivity contribution in [3.05, 3.63) is 23.8 Å². The number of nitrogens with zero attached hydrogens (tertiary/aromatic N) is 1. The zero-order valence-corrected chi connectivity index (χ0v) is 8.14. The molecule has 0 aliphatic heterocycles. The zero-order valence-electron chi connectivity index (χ0n) is 7.32. The normalized spacial score (nSPS) is 10.2. The largest absolute Gasteiger partial charge is 0.499 e. The summed E-state index contributed by atoms with van der Waals surface area (Å²) in [6, 6.07) is 7.46. The van der Waals surface area contributed by atoms with E-state index in [1.54, 1.807) is 12.1 Å². The number of benzene rings is 1. The first kappa shape index (κ1) is 8.85. The standard InChI is InChI=1S/C10H8N2OS/c11-4-3-7-8-5-6(12)1-2-9(8)14-10(7)13/h1-2,5,13H,3,12H2. The van der Waals surface area contributed by atoms with E-state index in [1.807, 2.05) is 12.1 Å². The Morgan fingerprint density at radius 1 is 1.50 bits per heavy atom. The van der Waals surface area contributed by atoms with Crippen LogP contribution in [-0.4, -0.2) is 5.11 Å². The number of nitrogen functional groups attached to an aromatic ring is 1. The molecule has 1 heterocycles. The van der Waals surface area contributed by atoms with Crippen LogP contribution in [0.3, 0.4) is 0 Å². The highest BCUT2D eigenvalue weighted by Gasteiger charge is 2.10. The van der Waals surface area contributed by atoms with Gasteiger partial charge in [0.15, 0.2) is 5.06 Å². The molecule has 0 saturated heterocycles. The van der Waals surface area contributed by atoms with Crippen molar-refractivity contribution in [2.75, 3.05) is 5.73 Å². The van der Waals surface area contributed by atoms with Gasteiger partial charge in [-0.2, -0.15) is 5.26 Å². The van der Waals surface area contributed by atoms with E-state index in [4.69, 9.17) is 11.0 Å². The predicted octanol–water partition coefficient (Wildman–Crippen LogP) is 2.26. The van der Waals surface area contributed by atoms with Gasteiger partial charge in [-0.05, 0) is 18.2 Å². The van der Waals surface area contributed by atoms with Crippen LogP contribution in [0, 0.1) is 11.3 Å². The van der Waals surface area contributed by atoms with Gasteiger partial charge in [0.25, 0.3) is 0 Å². The van der Waals surface area contributed by atoms with Gasteiger partial charge in [0.05, 0.1) is 12.5 Å². The molecule has 14 heavy (non-hydrogen) atoms. The van der Waals surface area contributed by atoms with E-state index in [-0.39, 0.29) is 11.5 Å². The number of rotatable bonds is 1. The maximum Gasteiger partial charge on any atom is 0.176 e. The first-order chi connectivity index (χ1) is 6.72. The van der Waals surface area contributed by atoms with Gasteiger partial charge < -0.3 is 10.8 Å². The van der Waals surface area contributed by atoms with E-state index in [0.717, 1.165) is 10.1 Å². The highest BCUT2D eigenvalue weighted by Crippen LogP contribution is 2.37. The molecule has 0 atom stereocenters. The SMILES string of the molecule is N#CCc1c(O)sc2ccc(N)cc12. The molecule has 70 valence electrons. The smallest absolute Gasteiger partial charge is 0.176 e. The van der Waals surface area contributed by atoms with Gasteiger partial charge in [0.1, 0.15) is 0 Å². The second-order valence-corrected chi connectivity index (χ2v) is 4.01. The summed E-state index contributed by atoms with van der Waals surface area (Å²) >= 11 is 1.28. The summed E-state index contributed by atoms with van der Waals surface area (Å²) in [7, 11) is 0. The molecule has 3 nitrogen and oxygen atoms in total. The summed E-state index contributed by atoms with van der Waals surface area (Å²) in [5.74, 6) is 0. The Morgan fingerprint density at radius 3 is 3.00 bits per heavy atom. The number of anilines is 1. The molecular formula is C10H8N2OS. The maximum atomic E-state index is 9.58. The molecule has 2 rings (SSSR count). The van der Waals surface area contributed by atoms with E-state index < -0.39 is 0 Å². The van der Waals surface area contributed by atoms with Crippen LogP contribution in [0.25, 0.3) is 10.1 Å². The van der Waals surface area contributed by atoms with E-state index in [2.05, 4.69) is 0 Å². The van der Waals surface area contributed by atoms with Crippen molar-refractivity contribution >= 4 is 27.1 Å². The van der Waals surface area contributed by atoms with Gasteiger partial charge in [-0.15, -0.1) is 0 Å². The lowest BCUT2D eigenvalue weighted by molar-refractivity contribution is 0.486. The number of fused-ring (bicyclic) bond motifs is 1. The second-order valence-electron chi connectivity index (χ2n) is 2.98. The van der Waals surface area contributed by atoms with E-state index in [0.29, 0.717) is 11.3 Å². The highest BCUT2D eigenvalue weighted by atomic mass is 32.1. The predicted molar refractivity (Wildman–Crippen MR) is 57.2 cm³/mol. The molecule has 0 amide bonds. The second kappa shape index (κ2) is 3.20. The number of aromatic hydroxyl groups is 1. The first-order valence-electron chi connectivity index (χ1n) is 4.09. The van der Waals surface area contributed by atoms with Gasteiger partial charge in [0.2, 0.25) is 0 Å². The molecule has 1 aromatic carbocycles. The van der Waals surface area contributed by atoms with Crippen LogP contribution in [0.5, 0.6) is 5.06 Å². The summed E-state index contributed by atoms with van der Waals surface area (Å²) in [5.41, 5.74) is 6.97. The molecule has 0 radical (unpaired) electrons. The minimum absolute atomic E-state index is 0.215. The molecule has 0 spiro atoms. The molecule has 0 saturated carbocycles. The van der Waals surface area contributed by atoms with Gasteiger partial charge >= 0.3 is 0 Å². The van der Waals surface area contributed by atoms with Gasteiger partial charge in [-0.1, -0.05) is 11.3 Å². The van der Waals surface area contributed by atoms with Crippen LogP contribution in [0.4, 0.5) is 5.69 Å². The third-order valence-corrected chi connectivity index (χ3v) is 3.07. The summed E-state index contributed by atoms with van der Waals surface area (Å²) in [4.78, 5) is 0. The van der Waals surface area contributed by atoms with Crippen molar-refractivity contribution in [2.45, 2.75) is 6.42 Å². The molecule has 2 aromatic rings. The third-order valence-electron chi connectivity index (χ3n) is 2.05. The highest BCUT2D eigenvalue weighted by molar-refractivity contribution is 7.20.